The number of rotatable bonds is 4. The third-order valence-corrected chi connectivity index (χ3v) is 3.48. The number of esters is 1. The van der Waals surface area contributed by atoms with Crippen LogP contribution in [0.2, 0.25) is 0 Å². The number of hydrogen-bond acceptors (Lipinski definition) is 8. The van der Waals surface area contributed by atoms with E-state index >= 15 is 0 Å². The number of amides is 1. The predicted octanol–water partition coefficient (Wildman–Crippen LogP) is -1.31. The fourth-order valence-electron chi connectivity index (χ4n) is 2.22. The van der Waals surface area contributed by atoms with Crippen molar-refractivity contribution < 1.29 is 44.3 Å². The fraction of sp³-hybridized carbons (Fsp3) is 0.400. The van der Waals surface area contributed by atoms with E-state index in [2.05, 4.69) is 5.32 Å². The molecule has 1 aliphatic rings. The first-order valence-corrected chi connectivity index (χ1v) is 7.22. The van der Waals surface area contributed by atoms with Gasteiger partial charge in [-0.25, -0.2) is 9.59 Å². The highest BCUT2D eigenvalue weighted by atomic mass is 16.7. The molecule has 0 unspecified atom stereocenters. The highest BCUT2D eigenvalue weighted by Gasteiger charge is 2.48. The number of carbonyl (C=O) groups is 3. The average Bonchev–Trinajstić information content (AvgIpc) is 2.55. The minimum atomic E-state index is -1.88. The van der Waals surface area contributed by atoms with Gasteiger partial charge in [-0.15, -0.1) is 0 Å². The molecule has 5 atom stereocenters. The molecule has 0 saturated carbocycles. The summed E-state index contributed by atoms with van der Waals surface area (Å²) in [6.07, 6.45) is -9.21. The number of aliphatic carboxylic acids is 1. The maximum Gasteiger partial charge on any atom is 0.340 e. The standard InChI is InChI=1S/C15H17NO9/c1-6(17)16-8-4-2-7(3-5-8)14(23)25-15-11(20)9(18)10(19)12(24-15)13(21)22/h2-5,9-12,15,18-20H,1H3,(H,16,17)(H,21,22)/t9-,10-,11+,12-,15-/m0/s1. The first kappa shape index (κ1) is 18.8. The van der Waals surface area contributed by atoms with Crippen molar-refractivity contribution >= 4 is 23.5 Å². The van der Waals surface area contributed by atoms with Gasteiger partial charge in [0.15, 0.2) is 6.10 Å². The SMILES string of the molecule is CC(=O)Nc1ccc(C(=O)O[C@@H]2O[C@H](C(=O)O)[C@@H](O)[C@H](O)[C@H]2O)cc1. The summed E-state index contributed by atoms with van der Waals surface area (Å²) in [4.78, 5) is 34.0. The van der Waals surface area contributed by atoms with E-state index in [0.717, 1.165) is 0 Å². The lowest BCUT2D eigenvalue weighted by atomic mass is 9.99. The first-order valence-electron chi connectivity index (χ1n) is 7.22. The van der Waals surface area contributed by atoms with E-state index in [4.69, 9.17) is 14.6 Å². The van der Waals surface area contributed by atoms with Gasteiger partial charge in [-0.3, -0.25) is 4.79 Å². The molecule has 0 aliphatic carbocycles. The molecule has 1 saturated heterocycles. The van der Waals surface area contributed by atoms with Crippen molar-refractivity contribution in [1.29, 1.82) is 0 Å². The van der Waals surface area contributed by atoms with Crippen LogP contribution in [0.4, 0.5) is 5.69 Å². The van der Waals surface area contributed by atoms with E-state index in [9.17, 15) is 29.7 Å². The smallest absolute Gasteiger partial charge is 0.340 e. The average molecular weight is 355 g/mol. The molecule has 1 heterocycles. The zero-order valence-corrected chi connectivity index (χ0v) is 13.0. The summed E-state index contributed by atoms with van der Waals surface area (Å²) in [5, 5.41) is 40.5. The van der Waals surface area contributed by atoms with Gasteiger partial charge in [-0.05, 0) is 24.3 Å². The number of carboxylic acid groups (broad SMARTS) is 1. The number of benzene rings is 1. The summed E-state index contributed by atoms with van der Waals surface area (Å²) in [6, 6.07) is 5.55. The molecule has 0 aromatic heterocycles. The Morgan fingerprint density at radius 3 is 2.16 bits per heavy atom. The van der Waals surface area contributed by atoms with E-state index < -0.39 is 42.6 Å². The Bertz CT molecular complexity index is 659. The van der Waals surface area contributed by atoms with Gasteiger partial charge in [0.1, 0.15) is 18.3 Å². The Morgan fingerprint density at radius 1 is 1.04 bits per heavy atom. The van der Waals surface area contributed by atoms with E-state index in [-0.39, 0.29) is 11.5 Å². The van der Waals surface area contributed by atoms with Crippen molar-refractivity contribution in [2.24, 2.45) is 0 Å². The number of nitrogens with one attached hydrogen (secondary N) is 1. The van der Waals surface area contributed by atoms with Crippen LogP contribution in [0.5, 0.6) is 0 Å². The van der Waals surface area contributed by atoms with Gasteiger partial charge in [0.05, 0.1) is 5.56 Å². The highest BCUT2D eigenvalue weighted by Crippen LogP contribution is 2.23. The van der Waals surface area contributed by atoms with Crippen molar-refractivity contribution in [1.82, 2.24) is 0 Å². The second kappa shape index (κ2) is 7.57. The maximum atomic E-state index is 12.1. The Kier molecular flexibility index (Phi) is 5.69. The van der Waals surface area contributed by atoms with Gasteiger partial charge in [0, 0.05) is 12.6 Å². The zero-order valence-electron chi connectivity index (χ0n) is 13.0. The molecule has 5 N–H and O–H groups in total. The number of ether oxygens (including phenoxy) is 2. The Labute approximate surface area is 141 Å². The molecular weight excluding hydrogens is 338 g/mol. The van der Waals surface area contributed by atoms with Gasteiger partial charge in [0.2, 0.25) is 12.2 Å². The molecule has 1 aliphatic heterocycles. The predicted molar refractivity (Wildman–Crippen MR) is 80.5 cm³/mol. The minimum Gasteiger partial charge on any atom is -0.479 e. The second-order valence-corrected chi connectivity index (χ2v) is 5.40. The van der Waals surface area contributed by atoms with Crippen LogP contribution >= 0.6 is 0 Å². The Morgan fingerprint density at radius 2 is 1.64 bits per heavy atom. The number of hydrogen-bond donors (Lipinski definition) is 5. The first-order chi connectivity index (χ1) is 11.7. The van der Waals surface area contributed by atoms with E-state index in [1.165, 1.54) is 31.2 Å². The number of carboxylic acids is 1. The molecular formula is C15H17NO9. The van der Waals surface area contributed by atoms with E-state index in [1.807, 2.05) is 0 Å². The molecule has 25 heavy (non-hydrogen) atoms. The van der Waals surface area contributed by atoms with Crippen LogP contribution in [-0.2, 0) is 19.1 Å². The van der Waals surface area contributed by atoms with Gasteiger partial charge in [-0.1, -0.05) is 0 Å². The number of carbonyl (C=O) groups excluding carboxylic acids is 2. The highest BCUT2D eigenvalue weighted by molar-refractivity contribution is 5.92. The normalized spacial score (nSPS) is 28.9. The maximum absolute atomic E-state index is 12.1. The molecule has 0 bridgehead atoms. The molecule has 10 nitrogen and oxygen atoms in total. The van der Waals surface area contributed by atoms with E-state index in [1.54, 1.807) is 0 Å². The van der Waals surface area contributed by atoms with Gasteiger partial charge in [0.25, 0.3) is 0 Å². The van der Waals surface area contributed by atoms with Crippen LogP contribution in [0.3, 0.4) is 0 Å². The van der Waals surface area contributed by atoms with Crippen LogP contribution in [0, 0.1) is 0 Å². The summed E-state index contributed by atoms with van der Waals surface area (Å²) in [5.74, 6) is -2.83. The third-order valence-electron chi connectivity index (χ3n) is 3.48. The molecule has 136 valence electrons. The lowest BCUT2D eigenvalue weighted by Gasteiger charge is -2.37. The van der Waals surface area contributed by atoms with Crippen molar-refractivity contribution in [2.45, 2.75) is 37.6 Å². The van der Waals surface area contributed by atoms with Crippen molar-refractivity contribution in [3.63, 3.8) is 0 Å². The lowest BCUT2D eigenvalue weighted by molar-refractivity contribution is -0.278. The van der Waals surface area contributed by atoms with Gasteiger partial charge >= 0.3 is 11.9 Å². The van der Waals surface area contributed by atoms with E-state index in [0.29, 0.717) is 5.69 Å². The molecule has 1 fully saturated rings. The van der Waals surface area contributed by atoms with Gasteiger partial charge < -0.3 is 35.2 Å². The van der Waals surface area contributed by atoms with Crippen LogP contribution in [0.1, 0.15) is 17.3 Å². The molecule has 2 rings (SSSR count). The number of aliphatic hydroxyl groups is 3. The quantitative estimate of drug-likeness (QED) is 0.413. The molecule has 1 aromatic rings. The van der Waals surface area contributed by atoms with Crippen molar-refractivity contribution in [2.75, 3.05) is 5.32 Å². The van der Waals surface area contributed by atoms with Crippen LogP contribution in [-0.4, -0.2) is 69.0 Å². The van der Waals surface area contributed by atoms with Crippen LogP contribution in [0.25, 0.3) is 0 Å². The monoisotopic (exact) mass is 355 g/mol. The molecule has 0 radical (unpaired) electrons. The van der Waals surface area contributed by atoms with Crippen molar-refractivity contribution in [3.05, 3.63) is 29.8 Å². The Balaban J connectivity index is 2.08. The summed E-state index contributed by atoms with van der Waals surface area (Å²) >= 11 is 0. The zero-order chi connectivity index (χ0) is 18.7. The van der Waals surface area contributed by atoms with Crippen molar-refractivity contribution in [3.8, 4) is 0 Å². The number of anilines is 1. The molecule has 1 aromatic carbocycles. The van der Waals surface area contributed by atoms with Gasteiger partial charge in [-0.2, -0.15) is 0 Å². The lowest BCUT2D eigenvalue weighted by Crippen LogP contribution is -2.60. The summed E-state index contributed by atoms with van der Waals surface area (Å²) in [7, 11) is 0. The second-order valence-electron chi connectivity index (χ2n) is 5.40. The topological polar surface area (TPSA) is 163 Å². The summed E-state index contributed by atoms with van der Waals surface area (Å²) in [6.45, 7) is 1.32. The minimum absolute atomic E-state index is 0.0392. The largest absolute Gasteiger partial charge is 0.479 e. The summed E-state index contributed by atoms with van der Waals surface area (Å²) in [5.41, 5.74) is 0.486. The van der Waals surface area contributed by atoms with Crippen LogP contribution in [0.15, 0.2) is 24.3 Å². The Hall–Kier alpha value is -2.53. The molecule has 10 heteroatoms. The third kappa shape index (κ3) is 4.31. The van der Waals surface area contributed by atoms with Crippen LogP contribution < -0.4 is 5.32 Å². The summed E-state index contributed by atoms with van der Waals surface area (Å²) < 4.78 is 9.73. The molecule has 1 amide bonds. The molecule has 0 spiro atoms. The fourth-order valence-corrected chi connectivity index (χ4v) is 2.22. The number of aliphatic hydroxyl groups excluding tert-OH is 3.